The third-order valence-electron chi connectivity index (χ3n) is 3.72. The van der Waals surface area contributed by atoms with Gasteiger partial charge in [-0.15, -0.1) is 0 Å². The Labute approximate surface area is 116 Å². The highest BCUT2D eigenvalue weighted by Crippen LogP contribution is 2.33. The van der Waals surface area contributed by atoms with Crippen molar-refractivity contribution in [3.05, 3.63) is 28.8 Å². The number of halogens is 1. The van der Waals surface area contributed by atoms with Crippen LogP contribution in [-0.2, 0) is 9.53 Å². The molecule has 0 spiro atoms. The maximum Gasteiger partial charge on any atom is 0.299 e. The van der Waals surface area contributed by atoms with Gasteiger partial charge < -0.3 is 9.64 Å². The number of carbonyl (C=O) groups excluding carboxylic acids is 2. The van der Waals surface area contributed by atoms with Gasteiger partial charge in [-0.1, -0.05) is 11.6 Å². The lowest BCUT2D eigenvalue weighted by Gasteiger charge is -2.27. The fraction of sp³-hybridized carbons (Fsp3) is 0.429. The first-order valence-corrected chi connectivity index (χ1v) is 6.78. The number of Topliss-reactive ketones (excluding diaryl/α,β-unsaturated/α-hetero) is 1. The van der Waals surface area contributed by atoms with Gasteiger partial charge in [-0.25, -0.2) is 0 Å². The van der Waals surface area contributed by atoms with Crippen molar-refractivity contribution in [2.24, 2.45) is 5.92 Å². The number of hydrogen-bond donors (Lipinski definition) is 0. The molecule has 1 aromatic rings. The Kier molecular flexibility index (Phi) is 3.29. The van der Waals surface area contributed by atoms with Gasteiger partial charge in [0.15, 0.2) is 0 Å². The fourth-order valence-corrected chi connectivity index (χ4v) is 2.80. The van der Waals surface area contributed by atoms with Crippen LogP contribution in [0.5, 0.6) is 0 Å². The van der Waals surface area contributed by atoms with Crippen molar-refractivity contribution in [2.75, 3.05) is 24.7 Å². The van der Waals surface area contributed by atoms with Crippen LogP contribution in [0.3, 0.4) is 0 Å². The normalized spacial score (nSPS) is 19.9. The zero-order chi connectivity index (χ0) is 13.4. The Morgan fingerprint density at radius 3 is 2.74 bits per heavy atom. The van der Waals surface area contributed by atoms with Crippen LogP contribution in [0.1, 0.15) is 23.2 Å². The molecule has 4 nitrogen and oxygen atoms in total. The molecule has 5 heteroatoms. The molecular formula is C14H14ClNO3. The lowest BCUT2D eigenvalue weighted by Crippen LogP contribution is -2.36. The number of ketones is 1. The molecule has 2 aliphatic heterocycles. The van der Waals surface area contributed by atoms with E-state index in [4.69, 9.17) is 16.3 Å². The van der Waals surface area contributed by atoms with Gasteiger partial charge in [0.05, 0.1) is 11.3 Å². The Hall–Kier alpha value is -1.39. The predicted molar refractivity (Wildman–Crippen MR) is 71.7 cm³/mol. The molecule has 2 heterocycles. The SMILES string of the molecule is O=C1C(=O)N(CC2CCOCC2)c2cc(Cl)ccc21. The van der Waals surface area contributed by atoms with Crippen LogP contribution in [0.25, 0.3) is 0 Å². The molecule has 0 aromatic heterocycles. The van der Waals surface area contributed by atoms with E-state index < -0.39 is 11.7 Å². The molecule has 0 radical (unpaired) electrons. The van der Waals surface area contributed by atoms with Crippen molar-refractivity contribution in [1.29, 1.82) is 0 Å². The highest BCUT2D eigenvalue weighted by molar-refractivity contribution is 6.52. The Balaban J connectivity index is 1.87. The van der Waals surface area contributed by atoms with E-state index in [1.807, 2.05) is 0 Å². The van der Waals surface area contributed by atoms with E-state index in [0.717, 1.165) is 26.1 Å². The summed E-state index contributed by atoms with van der Waals surface area (Å²) in [5.41, 5.74) is 1.11. The summed E-state index contributed by atoms with van der Waals surface area (Å²) in [6, 6.07) is 4.96. The Morgan fingerprint density at radius 2 is 2.00 bits per heavy atom. The van der Waals surface area contributed by atoms with Crippen molar-refractivity contribution < 1.29 is 14.3 Å². The number of rotatable bonds is 2. The number of carbonyl (C=O) groups is 2. The number of ether oxygens (including phenoxy) is 1. The van der Waals surface area contributed by atoms with Crippen molar-refractivity contribution in [3.8, 4) is 0 Å². The molecule has 19 heavy (non-hydrogen) atoms. The first kappa shape index (κ1) is 12.6. The largest absolute Gasteiger partial charge is 0.381 e. The zero-order valence-corrected chi connectivity index (χ0v) is 11.2. The number of benzene rings is 1. The maximum absolute atomic E-state index is 12.0. The molecule has 0 aliphatic carbocycles. The van der Waals surface area contributed by atoms with Crippen LogP contribution in [0.15, 0.2) is 18.2 Å². The van der Waals surface area contributed by atoms with E-state index in [1.165, 1.54) is 0 Å². The van der Waals surface area contributed by atoms with Crippen LogP contribution >= 0.6 is 11.6 Å². The average molecular weight is 280 g/mol. The fourth-order valence-electron chi connectivity index (χ4n) is 2.64. The molecular weight excluding hydrogens is 266 g/mol. The number of fused-ring (bicyclic) bond motifs is 1. The van der Waals surface area contributed by atoms with E-state index in [2.05, 4.69) is 0 Å². The topological polar surface area (TPSA) is 46.6 Å². The summed E-state index contributed by atoms with van der Waals surface area (Å²) in [7, 11) is 0. The smallest absolute Gasteiger partial charge is 0.299 e. The van der Waals surface area contributed by atoms with Gasteiger partial charge in [-0.05, 0) is 37.0 Å². The Bertz CT molecular complexity index is 537. The summed E-state index contributed by atoms with van der Waals surface area (Å²) in [6.07, 6.45) is 1.85. The van der Waals surface area contributed by atoms with Crippen LogP contribution in [0.4, 0.5) is 5.69 Å². The molecule has 0 unspecified atom stereocenters. The molecule has 100 valence electrons. The van der Waals surface area contributed by atoms with E-state index >= 15 is 0 Å². The number of amides is 1. The number of nitrogens with zero attached hydrogens (tertiary/aromatic N) is 1. The van der Waals surface area contributed by atoms with E-state index in [0.29, 0.717) is 28.7 Å². The van der Waals surface area contributed by atoms with Crippen LogP contribution < -0.4 is 4.90 Å². The molecule has 0 N–H and O–H groups in total. The minimum Gasteiger partial charge on any atom is -0.381 e. The third-order valence-corrected chi connectivity index (χ3v) is 3.95. The summed E-state index contributed by atoms with van der Waals surface area (Å²) in [5, 5.41) is 0.540. The average Bonchev–Trinajstić information content (AvgIpc) is 2.65. The second-order valence-corrected chi connectivity index (χ2v) is 5.40. The molecule has 3 rings (SSSR count). The molecule has 1 saturated heterocycles. The summed E-state index contributed by atoms with van der Waals surface area (Å²) in [6.45, 7) is 2.02. The van der Waals surface area contributed by atoms with Gasteiger partial charge in [0.25, 0.3) is 11.7 Å². The van der Waals surface area contributed by atoms with Crippen molar-refractivity contribution in [1.82, 2.24) is 0 Å². The monoisotopic (exact) mass is 279 g/mol. The highest BCUT2D eigenvalue weighted by Gasteiger charge is 2.37. The van der Waals surface area contributed by atoms with Gasteiger partial charge in [-0.2, -0.15) is 0 Å². The summed E-state index contributed by atoms with van der Waals surface area (Å²) in [4.78, 5) is 25.5. The van der Waals surface area contributed by atoms with Gasteiger partial charge >= 0.3 is 0 Å². The second kappa shape index (κ2) is 4.94. The van der Waals surface area contributed by atoms with Gasteiger partial charge in [0, 0.05) is 24.8 Å². The maximum atomic E-state index is 12.0. The minimum atomic E-state index is -0.441. The van der Waals surface area contributed by atoms with Crippen molar-refractivity contribution >= 4 is 29.0 Å². The summed E-state index contributed by atoms with van der Waals surface area (Å²) in [5.74, 6) is -0.488. The van der Waals surface area contributed by atoms with Crippen molar-refractivity contribution in [2.45, 2.75) is 12.8 Å². The lowest BCUT2D eigenvalue weighted by atomic mass is 10.00. The molecule has 1 amide bonds. The minimum absolute atomic E-state index is 0.385. The van der Waals surface area contributed by atoms with E-state index in [-0.39, 0.29) is 0 Å². The quantitative estimate of drug-likeness (QED) is 0.781. The molecule has 0 saturated carbocycles. The second-order valence-electron chi connectivity index (χ2n) is 4.96. The highest BCUT2D eigenvalue weighted by atomic mass is 35.5. The molecule has 2 aliphatic rings. The van der Waals surface area contributed by atoms with Crippen molar-refractivity contribution in [3.63, 3.8) is 0 Å². The van der Waals surface area contributed by atoms with Gasteiger partial charge in [-0.3, -0.25) is 9.59 Å². The molecule has 1 aromatic carbocycles. The lowest BCUT2D eigenvalue weighted by molar-refractivity contribution is -0.114. The van der Waals surface area contributed by atoms with Gasteiger partial charge in [0.2, 0.25) is 0 Å². The molecule has 1 fully saturated rings. The summed E-state index contributed by atoms with van der Waals surface area (Å²) < 4.78 is 5.31. The molecule has 0 atom stereocenters. The first-order valence-electron chi connectivity index (χ1n) is 6.40. The number of anilines is 1. The molecule has 0 bridgehead atoms. The zero-order valence-electron chi connectivity index (χ0n) is 10.4. The van der Waals surface area contributed by atoms with E-state index in [9.17, 15) is 9.59 Å². The predicted octanol–water partition coefficient (Wildman–Crippen LogP) is 2.30. The number of hydrogen-bond acceptors (Lipinski definition) is 3. The van der Waals surface area contributed by atoms with Gasteiger partial charge in [0.1, 0.15) is 0 Å². The van der Waals surface area contributed by atoms with Crippen LogP contribution in [0, 0.1) is 5.92 Å². The first-order chi connectivity index (χ1) is 9.16. The summed E-state index contributed by atoms with van der Waals surface area (Å²) >= 11 is 5.96. The Morgan fingerprint density at radius 1 is 1.26 bits per heavy atom. The van der Waals surface area contributed by atoms with Crippen LogP contribution in [0.2, 0.25) is 5.02 Å². The third kappa shape index (κ3) is 2.26. The standard InChI is InChI=1S/C14H14ClNO3/c15-10-1-2-11-12(7-10)16(14(18)13(11)17)8-9-3-5-19-6-4-9/h1-2,7,9H,3-6,8H2. The van der Waals surface area contributed by atoms with E-state index in [1.54, 1.807) is 23.1 Å². The van der Waals surface area contributed by atoms with Crippen LogP contribution in [-0.4, -0.2) is 31.4 Å².